The average molecular weight is 421 g/mol. The number of halogens is 1. The molecule has 0 fully saturated rings. The smallest absolute Gasteiger partial charge is 0.265 e. The molecule has 4 rings (SSSR count). The predicted octanol–water partition coefficient (Wildman–Crippen LogP) is 2.49. The molecule has 2 aromatic rings. The van der Waals surface area contributed by atoms with Gasteiger partial charge in [0.25, 0.3) is 5.91 Å². The molecule has 1 aliphatic carbocycles. The summed E-state index contributed by atoms with van der Waals surface area (Å²) >= 11 is 6.43. The normalized spacial score (nSPS) is 16.1. The van der Waals surface area contributed by atoms with E-state index in [1.807, 2.05) is 18.2 Å². The van der Waals surface area contributed by atoms with Crippen LogP contribution < -0.4 is 16.1 Å². The first-order valence-electron chi connectivity index (χ1n) is 10.1. The number of allylic oxidation sites excluding steroid dienone is 5. The second-order valence-electron chi connectivity index (χ2n) is 7.16. The van der Waals surface area contributed by atoms with E-state index in [2.05, 4.69) is 31.8 Å². The Kier molecular flexibility index (Phi) is 6.33. The van der Waals surface area contributed by atoms with Crippen molar-refractivity contribution < 1.29 is 4.79 Å². The van der Waals surface area contributed by atoms with E-state index in [0.29, 0.717) is 36.3 Å². The van der Waals surface area contributed by atoms with Crippen LogP contribution in [0.2, 0.25) is 0 Å². The molecule has 7 nitrogen and oxygen atoms in total. The van der Waals surface area contributed by atoms with Crippen molar-refractivity contribution in [1.82, 2.24) is 19.9 Å². The van der Waals surface area contributed by atoms with Gasteiger partial charge in [-0.2, -0.15) is 9.61 Å². The minimum Gasteiger partial charge on any atom is -0.370 e. The number of anilines is 1. The molecule has 2 aromatic heterocycles. The van der Waals surface area contributed by atoms with Crippen molar-refractivity contribution in [3.05, 3.63) is 47.4 Å². The molecule has 1 aliphatic heterocycles. The molecule has 0 saturated carbocycles. The van der Waals surface area contributed by atoms with Gasteiger partial charge in [0.05, 0.1) is 5.69 Å². The average Bonchev–Trinajstić information content (AvgIpc) is 3.15. The first-order valence-corrected chi connectivity index (χ1v) is 10.4. The standard InChI is InChI=1S/C21H22BClN6O/c22-15-13-27-29-19(12-18(28-20(15)29)14-6-1-2-7-16(14)23)25-10-5-11-26-21(30)17-8-3-4-9-24-17/h1,4,6,9,12-13,25H,2-3,5,7-8,10-11H2,(H,26,30). The largest absolute Gasteiger partial charge is 0.370 e. The number of carbonyl (C=O) groups excluding carboxylic acids is 1. The zero-order valence-electron chi connectivity index (χ0n) is 16.6. The Morgan fingerprint density at radius 1 is 1.23 bits per heavy atom. The number of hydrogen-bond donors (Lipinski definition) is 2. The molecule has 30 heavy (non-hydrogen) atoms. The van der Waals surface area contributed by atoms with Gasteiger partial charge in [-0.3, -0.25) is 9.79 Å². The minimum absolute atomic E-state index is 0.0987. The Labute approximate surface area is 181 Å². The van der Waals surface area contributed by atoms with Gasteiger partial charge in [-0.1, -0.05) is 29.8 Å². The lowest BCUT2D eigenvalue weighted by Gasteiger charge is -2.14. The van der Waals surface area contributed by atoms with Gasteiger partial charge < -0.3 is 10.6 Å². The van der Waals surface area contributed by atoms with Crippen molar-refractivity contribution in [2.75, 3.05) is 18.4 Å². The van der Waals surface area contributed by atoms with Crippen LogP contribution >= 0.6 is 11.6 Å². The number of aliphatic imine (C=N–C) groups is 1. The molecule has 2 aliphatic rings. The van der Waals surface area contributed by atoms with Crippen LogP contribution in [-0.4, -0.2) is 47.2 Å². The van der Waals surface area contributed by atoms with Crippen LogP contribution in [0.1, 0.15) is 37.8 Å². The van der Waals surface area contributed by atoms with Gasteiger partial charge in [0.1, 0.15) is 19.4 Å². The molecular formula is C21H22BClN6O. The van der Waals surface area contributed by atoms with E-state index in [1.54, 1.807) is 16.9 Å². The Bertz CT molecular complexity index is 1080. The van der Waals surface area contributed by atoms with Crippen molar-refractivity contribution in [1.29, 1.82) is 0 Å². The molecule has 0 aromatic carbocycles. The minimum atomic E-state index is -0.0987. The maximum absolute atomic E-state index is 12.1. The predicted molar refractivity (Wildman–Crippen MR) is 121 cm³/mol. The molecule has 0 atom stereocenters. The first kappa shape index (κ1) is 20.4. The summed E-state index contributed by atoms with van der Waals surface area (Å²) in [6.45, 7) is 1.20. The highest BCUT2D eigenvalue weighted by molar-refractivity contribution is 6.39. The lowest BCUT2D eigenvalue weighted by atomic mass is 10.00. The maximum atomic E-state index is 12.1. The molecule has 0 bridgehead atoms. The van der Waals surface area contributed by atoms with Gasteiger partial charge >= 0.3 is 0 Å². The van der Waals surface area contributed by atoms with Gasteiger partial charge in [-0.25, -0.2) is 4.98 Å². The Balaban J connectivity index is 1.42. The van der Waals surface area contributed by atoms with Crippen molar-refractivity contribution in [3.8, 4) is 0 Å². The van der Waals surface area contributed by atoms with E-state index in [-0.39, 0.29) is 5.91 Å². The van der Waals surface area contributed by atoms with Crippen LogP contribution in [-0.2, 0) is 4.79 Å². The van der Waals surface area contributed by atoms with Crippen LogP contribution in [0.3, 0.4) is 0 Å². The van der Waals surface area contributed by atoms with Gasteiger partial charge in [-0.05, 0) is 37.6 Å². The van der Waals surface area contributed by atoms with Crippen LogP contribution in [0.5, 0.6) is 0 Å². The fourth-order valence-corrected chi connectivity index (χ4v) is 3.66. The number of hydrogen-bond acceptors (Lipinski definition) is 5. The summed E-state index contributed by atoms with van der Waals surface area (Å²) in [5.74, 6) is 0.675. The van der Waals surface area contributed by atoms with E-state index in [4.69, 9.17) is 19.4 Å². The molecule has 3 heterocycles. The monoisotopic (exact) mass is 420 g/mol. The molecule has 0 unspecified atom stereocenters. The lowest BCUT2D eigenvalue weighted by Crippen LogP contribution is -2.32. The summed E-state index contributed by atoms with van der Waals surface area (Å²) in [5.41, 5.74) is 3.34. The number of aromatic nitrogens is 3. The van der Waals surface area contributed by atoms with Gasteiger partial charge in [0.15, 0.2) is 5.65 Å². The zero-order chi connectivity index (χ0) is 20.9. The molecule has 1 amide bonds. The van der Waals surface area contributed by atoms with Crippen molar-refractivity contribution in [2.24, 2.45) is 4.99 Å². The third-order valence-corrected chi connectivity index (χ3v) is 5.37. The zero-order valence-corrected chi connectivity index (χ0v) is 17.3. The molecular weight excluding hydrogens is 399 g/mol. The molecule has 0 saturated heterocycles. The molecule has 2 N–H and O–H groups in total. The summed E-state index contributed by atoms with van der Waals surface area (Å²) in [7, 11) is 6.05. The van der Waals surface area contributed by atoms with Crippen LogP contribution in [0.25, 0.3) is 11.2 Å². The maximum Gasteiger partial charge on any atom is 0.265 e. The summed E-state index contributed by atoms with van der Waals surface area (Å²) in [6, 6.07) is 1.93. The Morgan fingerprint density at radius 3 is 2.90 bits per heavy atom. The third kappa shape index (κ3) is 4.49. The SMILES string of the molecule is [B]c1cnn2c(NCCCNC(=O)C3=NC=CCC3)cc(C3=C(Cl)CCC=C3)nc12. The lowest BCUT2D eigenvalue weighted by molar-refractivity contribution is -0.114. The van der Waals surface area contributed by atoms with Crippen molar-refractivity contribution in [2.45, 2.75) is 32.1 Å². The molecule has 0 spiro atoms. The van der Waals surface area contributed by atoms with Crippen LogP contribution in [0, 0.1) is 0 Å². The summed E-state index contributed by atoms with van der Waals surface area (Å²) in [5, 5.41) is 11.4. The van der Waals surface area contributed by atoms with Gasteiger partial charge in [0, 0.05) is 42.2 Å². The highest BCUT2D eigenvalue weighted by Crippen LogP contribution is 2.30. The molecule has 152 valence electrons. The van der Waals surface area contributed by atoms with Crippen LogP contribution in [0.4, 0.5) is 5.82 Å². The first-order chi connectivity index (χ1) is 14.6. The fraction of sp³-hybridized carbons (Fsp3) is 0.333. The number of nitrogens with zero attached hydrogens (tertiary/aromatic N) is 4. The van der Waals surface area contributed by atoms with E-state index < -0.39 is 0 Å². The van der Waals surface area contributed by atoms with Gasteiger partial charge in [-0.15, -0.1) is 0 Å². The highest BCUT2D eigenvalue weighted by Gasteiger charge is 2.15. The quantitative estimate of drug-likeness (QED) is 0.532. The number of fused-ring (bicyclic) bond motifs is 1. The fourth-order valence-electron chi connectivity index (χ4n) is 3.39. The Hall–Kier alpha value is -2.87. The molecule has 9 heteroatoms. The van der Waals surface area contributed by atoms with E-state index in [9.17, 15) is 4.79 Å². The topological polar surface area (TPSA) is 83.7 Å². The second-order valence-corrected chi connectivity index (χ2v) is 7.61. The second kappa shape index (κ2) is 9.30. The van der Waals surface area contributed by atoms with E-state index in [1.165, 1.54) is 0 Å². The third-order valence-electron chi connectivity index (χ3n) is 4.97. The van der Waals surface area contributed by atoms with Gasteiger partial charge in [0.2, 0.25) is 0 Å². The molecule has 2 radical (unpaired) electrons. The van der Waals surface area contributed by atoms with Crippen molar-refractivity contribution in [3.63, 3.8) is 0 Å². The number of rotatable bonds is 7. The van der Waals surface area contributed by atoms with E-state index in [0.717, 1.165) is 47.8 Å². The van der Waals surface area contributed by atoms with Crippen molar-refractivity contribution >= 4 is 53.6 Å². The highest BCUT2D eigenvalue weighted by atomic mass is 35.5. The summed E-state index contributed by atoms with van der Waals surface area (Å²) in [4.78, 5) is 20.9. The van der Waals surface area contributed by atoms with Crippen LogP contribution in [0.15, 0.2) is 46.7 Å². The van der Waals surface area contributed by atoms with E-state index >= 15 is 0 Å². The number of carbonyl (C=O) groups is 1. The summed E-state index contributed by atoms with van der Waals surface area (Å²) < 4.78 is 1.68. The number of nitrogens with one attached hydrogen (secondary N) is 2. The number of amides is 1. The Morgan fingerprint density at radius 2 is 2.10 bits per heavy atom. The summed E-state index contributed by atoms with van der Waals surface area (Å²) in [6.07, 6.45) is 13.3.